The van der Waals surface area contributed by atoms with Gasteiger partial charge in [-0.15, -0.1) is 0 Å². The predicted molar refractivity (Wildman–Crippen MR) is 84.7 cm³/mol. The van der Waals surface area contributed by atoms with Crippen LogP contribution in [-0.4, -0.2) is 66.5 Å². The third-order valence-corrected chi connectivity index (χ3v) is 2.99. The summed E-state index contributed by atoms with van der Waals surface area (Å²) < 4.78 is 0. The number of carbonyl (C=O) groups excluding carboxylic acids is 1. The first-order chi connectivity index (χ1) is 10.0. The molecule has 0 atom stereocenters. The van der Waals surface area contributed by atoms with Crippen LogP contribution < -0.4 is 15.5 Å². The van der Waals surface area contributed by atoms with E-state index in [0.29, 0.717) is 30.8 Å². The van der Waals surface area contributed by atoms with E-state index in [1.165, 1.54) is 0 Å². The quantitative estimate of drug-likeness (QED) is 0.728. The van der Waals surface area contributed by atoms with Crippen LogP contribution in [0.2, 0.25) is 0 Å². The molecule has 0 saturated heterocycles. The van der Waals surface area contributed by atoms with Gasteiger partial charge < -0.3 is 20.4 Å². The van der Waals surface area contributed by atoms with Crippen molar-refractivity contribution in [1.29, 1.82) is 0 Å². The van der Waals surface area contributed by atoms with Crippen LogP contribution in [-0.2, 0) is 4.79 Å². The maximum absolute atomic E-state index is 11.9. The minimum absolute atomic E-state index is 0.128. The highest BCUT2D eigenvalue weighted by molar-refractivity contribution is 5.76. The summed E-state index contributed by atoms with van der Waals surface area (Å²) >= 11 is 0. The number of nitrogens with zero attached hydrogens (tertiary/aromatic N) is 5. The number of nitrogens with one attached hydrogen (secondary N) is 2. The SMILES string of the molecule is CCN(CC)C(=O)CCNc1nc(NC)nc(N(C)C)n1. The molecule has 1 amide bonds. The van der Waals surface area contributed by atoms with Gasteiger partial charge in [0.1, 0.15) is 0 Å². The Labute approximate surface area is 126 Å². The van der Waals surface area contributed by atoms with E-state index in [9.17, 15) is 4.79 Å². The molecule has 2 N–H and O–H groups in total. The lowest BCUT2D eigenvalue weighted by atomic mass is 10.3. The first kappa shape index (κ1) is 16.9. The Morgan fingerprint density at radius 3 is 2.24 bits per heavy atom. The number of anilines is 3. The number of rotatable bonds is 8. The third-order valence-electron chi connectivity index (χ3n) is 2.99. The molecule has 0 bridgehead atoms. The summed E-state index contributed by atoms with van der Waals surface area (Å²) in [5, 5.41) is 5.97. The van der Waals surface area contributed by atoms with Gasteiger partial charge in [0.05, 0.1) is 0 Å². The van der Waals surface area contributed by atoms with Crippen molar-refractivity contribution in [3.63, 3.8) is 0 Å². The van der Waals surface area contributed by atoms with Crippen molar-refractivity contribution in [3.8, 4) is 0 Å². The summed E-state index contributed by atoms with van der Waals surface area (Å²) in [6, 6.07) is 0. The first-order valence-corrected chi connectivity index (χ1v) is 7.14. The smallest absolute Gasteiger partial charge is 0.231 e. The molecular weight excluding hydrogens is 270 g/mol. The second kappa shape index (κ2) is 8.23. The molecule has 0 saturated carbocycles. The molecule has 0 unspecified atom stereocenters. The summed E-state index contributed by atoms with van der Waals surface area (Å²) in [7, 11) is 5.48. The Kier molecular flexibility index (Phi) is 6.64. The zero-order valence-electron chi connectivity index (χ0n) is 13.5. The van der Waals surface area contributed by atoms with Crippen molar-refractivity contribution in [2.45, 2.75) is 20.3 Å². The highest BCUT2D eigenvalue weighted by Gasteiger charge is 2.10. The fraction of sp³-hybridized carbons (Fsp3) is 0.692. The van der Waals surface area contributed by atoms with Gasteiger partial charge >= 0.3 is 0 Å². The van der Waals surface area contributed by atoms with Crippen molar-refractivity contribution in [2.24, 2.45) is 0 Å². The largest absolute Gasteiger partial charge is 0.357 e. The Bertz CT molecular complexity index is 460. The monoisotopic (exact) mass is 295 g/mol. The van der Waals surface area contributed by atoms with Crippen molar-refractivity contribution in [2.75, 3.05) is 56.3 Å². The molecule has 1 aromatic rings. The zero-order chi connectivity index (χ0) is 15.8. The third kappa shape index (κ3) is 5.05. The van der Waals surface area contributed by atoms with Crippen molar-refractivity contribution < 1.29 is 4.79 Å². The second-order valence-corrected chi connectivity index (χ2v) is 4.67. The number of aromatic nitrogens is 3. The molecule has 0 aliphatic carbocycles. The van der Waals surface area contributed by atoms with Gasteiger partial charge in [-0.25, -0.2) is 0 Å². The van der Waals surface area contributed by atoms with Gasteiger partial charge in [0.25, 0.3) is 0 Å². The van der Waals surface area contributed by atoms with Gasteiger partial charge in [-0.1, -0.05) is 0 Å². The van der Waals surface area contributed by atoms with Crippen LogP contribution >= 0.6 is 0 Å². The van der Waals surface area contributed by atoms with Crippen LogP contribution in [0.1, 0.15) is 20.3 Å². The highest BCUT2D eigenvalue weighted by Crippen LogP contribution is 2.10. The molecule has 0 spiro atoms. The second-order valence-electron chi connectivity index (χ2n) is 4.67. The Balaban J connectivity index is 2.63. The highest BCUT2D eigenvalue weighted by atomic mass is 16.2. The standard InChI is InChI=1S/C13H25N7O/c1-6-20(7-2)10(21)8-9-15-12-16-11(14-3)17-13(18-12)19(4)5/h6-9H2,1-5H3,(H2,14,15,16,17,18). The number of amides is 1. The fourth-order valence-corrected chi connectivity index (χ4v) is 1.77. The molecule has 118 valence electrons. The van der Waals surface area contributed by atoms with Crippen LogP contribution in [0.25, 0.3) is 0 Å². The van der Waals surface area contributed by atoms with E-state index in [4.69, 9.17) is 0 Å². The molecule has 0 aliphatic rings. The Hall–Kier alpha value is -2.12. The van der Waals surface area contributed by atoms with Gasteiger partial charge in [0, 0.05) is 47.2 Å². The normalized spacial score (nSPS) is 10.1. The van der Waals surface area contributed by atoms with E-state index in [0.717, 1.165) is 13.1 Å². The maximum atomic E-state index is 11.9. The van der Waals surface area contributed by atoms with Gasteiger partial charge in [0.2, 0.25) is 23.8 Å². The molecule has 0 fully saturated rings. The number of hydrogen-bond donors (Lipinski definition) is 2. The molecule has 1 aromatic heterocycles. The maximum Gasteiger partial charge on any atom is 0.231 e. The molecule has 0 radical (unpaired) electrons. The lowest BCUT2D eigenvalue weighted by Gasteiger charge is -2.18. The van der Waals surface area contributed by atoms with E-state index >= 15 is 0 Å². The first-order valence-electron chi connectivity index (χ1n) is 7.14. The van der Waals surface area contributed by atoms with Gasteiger partial charge in [-0.05, 0) is 13.8 Å². The minimum atomic E-state index is 0.128. The lowest BCUT2D eigenvalue weighted by molar-refractivity contribution is -0.130. The molecule has 8 heteroatoms. The van der Waals surface area contributed by atoms with Crippen LogP contribution in [0.4, 0.5) is 17.8 Å². The number of carbonyl (C=O) groups is 1. The molecule has 0 aliphatic heterocycles. The Morgan fingerprint density at radius 1 is 1.10 bits per heavy atom. The average Bonchev–Trinajstić information content (AvgIpc) is 2.48. The fourth-order valence-electron chi connectivity index (χ4n) is 1.77. The molecule has 21 heavy (non-hydrogen) atoms. The van der Waals surface area contributed by atoms with Crippen molar-refractivity contribution in [3.05, 3.63) is 0 Å². The van der Waals surface area contributed by atoms with Gasteiger partial charge in [-0.3, -0.25) is 4.79 Å². The van der Waals surface area contributed by atoms with Crippen molar-refractivity contribution in [1.82, 2.24) is 19.9 Å². The number of hydrogen-bond acceptors (Lipinski definition) is 7. The summed E-state index contributed by atoms with van der Waals surface area (Å²) in [4.78, 5) is 28.2. The summed E-state index contributed by atoms with van der Waals surface area (Å²) in [6.45, 7) is 5.91. The topological polar surface area (TPSA) is 86.3 Å². The van der Waals surface area contributed by atoms with E-state index in [1.807, 2.05) is 27.9 Å². The van der Waals surface area contributed by atoms with E-state index in [2.05, 4.69) is 25.6 Å². The predicted octanol–water partition coefficient (Wildman–Crippen LogP) is 0.650. The zero-order valence-corrected chi connectivity index (χ0v) is 13.5. The molecule has 1 heterocycles. The molecular formula is C13H25N7O. The van der Waals surface area contributed by atoms with Crippen LogP contribution in [0, 0.1) is 0 Å². The molecule has 1 rings (SSSR count). The van der Waals surface area contributed by atoms with Gasteiger partial charge in [0.15, 0.2) is 0 Å². The average molecular weight is 295 g/mol. The van der Waals surface area contributed by atoms with Crippen LogP contribution in [0.3, 0.4) is 0 Å². The minimum Gasteiger partial charge on any atom is -0.357 e. The van der Waals surface area contributed by atoms with Gasteiger partial charge in [-0.2, -0.15) is 15.0 Å². The van der Waals surface area contributed by atoms with E-state index in [1.54, 1.807) is 16.8 Å². The molecule has 8 nitrogen and oxygen atoms in total. The summed E-state index contributed by atoms with van der Waals surface area (Å²) in [5.74, 6) is 1.65. The van der Waals surface area contributed by atoms with E-state index < -0.39 is 0 Å². The summed E-state index contributed by atoms with van der Waals surface area (Å²) in [5.41, 5.74) is 0. The van der Waals surface area contributed by atoms with Crippen LogP contribution in [0.5, 0.6) is 0 Å². The van der Waals surface area contributed by atoms with Crippen molar-refractivity contribution >= 4 is 23.8 Å². The van der Waals surface area contributed by atoms with Crippen LogP contribution in [0.15, 0.2) is 0 Å². The lowest BCUT2D eigenvalue weighted by Crippen LogP contribution is -2.31. The molecule has 0 aromatic carbocycles. The van der Waals surface area contributed by atoms with E-state index in [-0.39, 0.29) is 5.91 Å². The Morgan fingerprint density at radius 2 is 1.71 bits per heavy atom. The summed E-state index contributed by atoms with van der Waals surface area (Å²) in [6.07, 6.45) is 0.416.